The lowest BCUT2D eigenvalue weighted by atomic mass is 10.1. The molecule has 0 aliphatic heterocycles. The van der Waals surface area contributed by atoms with Crippen LogP contribution in [0.2, 0.25) is 0 Å². The van der Waals surface area contributed by atoms with Crippen LogP contribution in [0.1, 0.15) is 11.1 Å². The van der Waals surface area contributed by atoms with Gasteiger partial charge in [0, 0.05) is 26.2 Å². The van der Waals surface area contributed by atoms with Gasteiger partial charge in [0.05, 0.1) is 20.2 Å². The molecule has 0 radical (unpaired) electrons. The predicted octanol–water partition coefficient (Wildman–Crippen LogP) is 3.28. The Bertz CT molecular complexity index is 868. The molecule has 0 saturated heterocycles. The highest BCUT2D eigenvalue weighted by Crippen LogP contribution is 2.26. The summed E-state index contributed by atoms with van der Waals surface area (Å²) in [4.78, 5) is 17.8. The van der Waals surface area contributed by atoms with Gasteiger partial charge < -0.3 is 25.0 Å². The number of guanidine groups is 1. The van der Waals surface area contributed by atoms with Gasteiger partial charge in [0.2, 0.25) is 5.91 Å². The van der Waals surface area contributed by atoms with E-state index < -0.39 is 6.61 Å². The van der Waals surface area contributed by atoms with Crippen LogP contribution in [0, 0.1) is 0 Å². The third kappa shape index (κ3) is 9.67. The molecule has 7 nitrogen and oxygen atoms in total. The van der Waals surface area contributed by atoms with E-state index in [2.05, 4.69) is 20.4 Å². The molecule has 0 unspecified atom stereocenters. The monoisotopic (exact) mass is 562 g/mol. The molecule has 2 aromatic rings. The van der Waals surface area contributed by atoms with Gasteiger partial charge in [-0.3, -0.25) is 4.79 Å². The summed E-state index contributed by atoms with van der Waals surface area (Å²) in [7, 11) is 4.81. The Morgan fingerprint density at radius 3 is 2.47 bits per heavy atom. The van der Waals surface area contributed by atoms with Crippen molar-refractivity contribution in [2.45, 2.75) is 19.6 Å². The standard InChI is InChI=1S/C22H28F2N4O3.HI/c1-28(2)20(29)15-27-22(25-12-11-16-7-5-4-6-8-16)26-14-17-13-18(30-3)9-10-19(17)31-21(23)24;/h4-10,13,21H,11-12,14-15H2,1-3H3,(H2,25,26,27);1H. The van der Waals surface area contributed by atoms with Crippen LogP contribution >= 0.6 is 24.0 Å². The summed E-state index contributed by atoms with van der Waals surface area (Å²) in [5.41, 5.74) is 1.59. The molecule has 176 valence electrons. The van der Waals surface area contributed by atoms with Crippen molar-refractivity contribution in [1.82, 2.24) is 15.5 Å². The number of alkyl halides is 2. The summed E-state index contributed by atoms with van der Waals surface area (Å²) in [6, 6.07) is 14.5. The van der Waals surface area contributed by atoms with Gasteiger partial charge in [-0.1, -0.05) is 30.3 Å². The Hall–Kier alpha value is -2.63. The fourth-order valence-corrected chi connectivity index (χ4v) is 2.64. The number of likely N-dealkylation sites (N-methyl/N-ethyl adjacent to an activating group) is 1. The Morgan fingerprint density at radius 1 is 1.12 bits per heavy atom. The van der Waals surface area contributed by atoms with Crippen LogP contribution in [-0.2, 0) is 17.8 Å². The quantitative estimate of drug-likeness (QED) is 0.264. The van der Waals surface area contributed by atoms with Crippen molar-refractivity contribution < 1.29 is 23.0 Å². The number of rotatable bonds is 10. The van der Waals surface area contributed by atoms with E-state index in [4.69, 9.17) is 4.74 Å². The average molecular weight is 562 g/mol. The molecule has 0 aromatic heterocycles. The molecule has 0 aliphatic carbocycles. The van der Waals surface area contributed by atoms with E-state index in [-0.39, 0.29) is 48.7 Å². The lowest BCUT2D eigenvalue weighted by Crippen LogP contribution is -2.43. The van der Waals surface area contributed by atoms with Crippen LogP contribution in [0.5, 0.6) is 11.5 Å². The molecular formula is C22H29F2IN4O3. The predicted molar refractivity (Wildman–Crippen MR) is 131 cm³/mol. The van der Waals surface area contributed by atoms with E-state index in [0.29, 0.717) is 23.8 Å². The van der Waals surface area contributed by atoms with E-state index in [9.17, 15) is 13.6 Å². The maximum Gasteiger partial charge on any atom is 0.387 e. The lowest BCUT2D eigenvalue weighted by Gasteiger charge is -2.16. The van der Waals surface area contributed by atoms with Crippen molar-refractivity contribution in [1.29, 1.82) is 0 Å². The number of hydrogen-bond acceptors (Lipinski definition) is 4. The molecule has 0 aliphatic rings. The number of ether oxygens (including phenoxy) is 2. The fraction of sp³-hybridized carbons (Fsp3) is 0.364. The Balaban J connectivity index is 0.00000512. The van der Waals surface area contributed by atoms with Gasteiger partial charge in [-0.05, 0) is 30.2 Å². The van der Waals surface area contributed by atoms with Crippen LogP contribution in [0.15, 0.2) is 53.5 Å². The van der Waals surface area contributed by atoms with Crippen LogP contribution in [0.25, 0.3) is 0 Å². The summed E-state index contributed by atoms with van der Waals surface area (Å²) in [6.45, 7) is -2.28. The van der Waals surface area contributed by atoms with Gasteiger partial charge in [0.1, 0.15) is 11.5 Å². The van der Waals surface area contributed by atoms with Gasteiger partial charge in [0.15, 0.2) is 5.96 Å². The van der Waals surface area contributed by atoms with Gasteiger partial charge in [-0.15, -0.1) is 24.0 Å². The van der Waals surface area contributed by atoms with Gasteiger partial charge in [-0.2, -0.15) is 8.78 Å². The number of methoxy groups -OCH3 is 1. The van der Waals surface area contributed by atoms with Crippen molar-refractivity contribution in [3.8, 4) is 11.5 Å². The maximum atomic E-state index is 12.7. The van der Waals surface area contributed by atoms with E-state index in [1.165, 1.54) is 24.1 Å². The first-order valence-corrected chi connectivity index (χ1v) is 9.77. The fourth-order valence-electron chi connectivity index (χ4n) is 2.64. The number of aliphatic imine (C=N–C) groups is 1. The molecule has 32 heavy (non-hydrogen) atoms. The molecule has 2 N–H and O–H groups in total. The first-order valence-electron chi connectivity index (χ1n) is 9.77. The average Bonchev–Trinajstić information content (AvgIpc) is 2.76. The largest absolute Gasteiger partial charge is 0.497 e. The number of benzene rings is 2. The topological polar surface area (TPSA) is 75.2 Å². The van der Waals surface area contributed by atoms with E-state index in [1.807, 2.05) is 30.3 Å². The zero-order valence-electron chi connectivity index (χ0n) is 18.3. The number of nitrogens with zero attached hydrogens (tertiary/aromatic N) is 2. The van der Waals surface area contributed by atoms with Gasteiger partial charge in [-0.25, -0.2) is 4.99 Å². The van der Waals surface area contributed by atoms with Crippen molar-refractivity contribution in [3.05, 3.63) is 59.7 Å². The normalized spacial score (nSPS) is 10.9. The second-order valence-electron chi connectivity index (χ2n) is 6.82. The maximum absolute atomic E-state index is 12.7. The zero-order valence-corrected chi connectivity index (χ0v) is 20.6. The first kappa shape index (κ1) is 27.4. The minimum Gasteiger partial charge on any atom is -0.497 e. The molecule has 0 spiro atoms. The van der Waals surface area contributed by atoms with E-state index >= 15 is 0 Å². The van der Waals surface area contributed by atoms with Gasteiger partial charge >= 0.3 is 6.61 Å². The van der Waals surface area contributed by atoms with Gasteiger partial charge in [0.25, 0.3) is 0 Å². The van der Waals surface area contributed by atoms with E-state index in [0.717, 1.165) is 12.0 Å². The molecule has 0 saturated carbocycles. The van der Waals surface area contributed by atoms with Crippen LogP contribution < -0.4 is 20.1 Å². The van der Waals surface area contributed by atoms with Crippen LogP contribution in [0.3, 0.4) is 0 Å². The third-order valence-electron chi connectivity index (χ3n) is 4.35. The zero-order chi connectivity index (χ0) is 22.6. The second-order valence-corrected chi connectivity index (χ2v) is 6.82. The third-order valence-corrected chi connectivity index (χ3v) is 4.35. The lowest BCUT2D eigenvalue weighted by molar-refractivity contribution is -0.127. The highest BCUT2D eigenvalue weighted by Gasteiger charge is 2.12. The molecule has 2 rings (SSSR count). The molecule has 10 heteroatoms. The van der Waals surface area contributed by atoms with Crippen molar-refractivity contribution >= 4 is 35.8 Å². The summed E-state index contributed by atoms with van der Waals surface area (Å²) < 4.78 is 35.2. The molecule has 0 heterocycles. The molecule has 1 amide bonds. The molecular weight excluding hydrogens is 533 g/mol. The minimum absolute atomic E-state index is 0. The molecule has 0 atom stereocenters. The summed E-state index contributed by atoms with van der Waals surface area (Å²) in [5, 5.41) is 6.14. The number of carbonyl (C=O) groups is 1. The Kier molecular flexibility index (Phi) is 12.4. The van der Waals surface area contributed by atoms with Crippen molar-refractivity contribution in [2.24, 2.45) is 4.99 Å². The summed E-state index contributed by atoms with van der Waals surface area (Å²) in [5.74, 6) is 0.784. The number of hydrogen-bond donors (Lipinski definition) is 2. The summed E-state index contributed by atoms with van der Waals surface area (Å²) >= 11 is 0. The smallest absolute Gasteiger partial charge is 0.387 e. The Morgan fingerprint density at radius 2 is 1.84 bits per heavy atom. The van der Waals surface area contributed by atoms with E-state index in [1.54, 1.807) is 20.2 Å². The number of amides is 1. The molecule has 2 aromatic carbocycles. The van der Waals surface area contributed by atoms with Crippen molar-refractivity contribution in [2.75, 3.05) is 34.3 Å². The Labute approximate surface area is 204 Å². The highest BCUT2D eigenvalue weighted by molar-refractivity contribution is 14.0. The SMILES string of the molecule is COc1ccc(OC(F)F)c(CN=C(NCCc2ccccc2)NCC(=O)N(C)C)c1.I. The van der Waals surface area contributed by atoms with Crippen LogP contribution in [-0.4, -0.2) is 57.7 Å². The number of halogens is 3. The molecule has 0 bridgehead atoms. The highest BCUT2D eigenvalue weighted by atomic mass is 127. The second kappa shape index (κ2) is 14.4. The first-order chi connectivity index (χ1) is 14.9. The summed E-state index contributed by atoms with van der Waals surface area (Å²) in [6.07, 6.45) is 0.752. The molecule has 0 fully saturated rings. The number of nitrogens with one attached hydrogen (secondary N) is 2. The van der Waals surface area contributed by atoms with Crippen LogP contribution in [0.4, 0.5) is 8.78 Å². The number of carbonyl (C=O) groups excluding carboxylic acids is 1. The minimum atomic E-state index is -2.95. The van der Waals surface area contributed by atoms with Crippen molar-refractivity contribution in [3.63, 3.8) is 0 Å².